The summed E-state index contributed by atoms with van der Waals surface area (Å²) in [7, 11) is 0. The van der Waals surface area contributed by atoms with E-state index < -0.39 is 6.09 Å². The van der Waals surface area contributed by atoms with Gasteiger partial charge in [0.15, 0.2) is 5.75 Å². The molecule has 0 unspecified atom stereocenters. The van der Waals surface area contributed by atoms with Crippen LogP contribution in [0.25, 0.3) is 5.57 Å². The van der Waals surface area contributed by atoms with E-state index in [2.05, 4.69) is 24.9 Å². The van der Waals surface area contributed by atoms with Crippen LogP contribution < -0.4 is 15.2 Å². The lowest BCUT2D eigenvalue weighted by atomic mass is 9.78. The molecule has 2 aliphatic carbocycles. The number of nitrogens with two attached hydrogens (primary N) is 1. The van der Waals surface area contributed by atoms with Crippen molar-refractivity contribution in [1.82, 2.24) is 14.8 Å². The second kappa shape index (κ2) is 7.70. The summed E-state index contributed by atoms with van der Waals surface area (Å²) >= 11 is 0. The SMILES string of the molecule is CC1(C)CC=C(c2nn(C3CC3)cc2Oc2ccnc(OC(N)=O)c2C(C)(C)C)CC1. The van der Waals surface area contributed by atoms with Gasteiger partial charge in [-0.25, -0.2) is 9.78 Å². The molecule has 0 atom stereocenters. The van der Waals surface area contributed by atoms with Crippen molar-refractivity contribution in [2.75, 3.05) is 0 Å². The highest BCUT2D eigenvalue weighted by Gasteiger charge is 2.31. The molecule has 2 aromatic rings. The molecule has 2 aromatic heterocycles. The fourth-order valence-corrected chi connectivity index (χ4v) is 3.98. The zero-order chi connectivity index (χ0) is 22.4. The Bertz CT molecular complexity index is 1030. The van der Waals surface area contributed by atoms with E-state index in [9.17, 15) is 4.79 Å². The van der Waals surface area contributed by atoms with Crippen LogP contribution in [0, 0.1) is 5.41 Å². The lowest BCUT2D eigenvalue weighted by Crippen LogP contribution is -2.22. The van der Waals surface area contributed by atoms with Crippen molar-refractivity contribution >= 4 is 11.7 Å². The second-order valence-electron chi connectivity index (χ2n) is 10.4. The monoisotopic (exact) mass is 424 g/mol. The standard InChI is InChI=1S/C24H32N4O3/c1-23(2,3)19-17(10-13-26-21(19)31-22(25)29)30-18-14-28(16-6-7-16)27-20(18)15-8-11-24(4,5)12-9-15/h8,10,13-14,16H,6-7,9,11-12H2,1-5H3,(H2,25,29). The summed E-state index contributed by atoms with van der Waals surface area (Å²) < 4.78 is 13.7. The molecule has 0 aromatic carbocycles. The quantitative estimate of drug-likeness (QED) is 0.659. The minimum absolute atomic E-state index is 0.173. The topological polar surface area (TPSA) is 92.3 Å². The molecule has 7 nitrogen and oxygen atoms in total. The Morgan fingerprint density at radius 3 is 2.58 bits per heavy atom. The normalized spacial score (nSPS) is 18.4. The first-order valence-electron chi connectivity index (χ1n) is 11.0. The molecule has 31 heavy (non-hydrogen) atoms. The Balaban J connectivity index is 1.75. The van der Waals surface area contributed by atoms with E-state index in [0.29, 0.717) is 22.8 Å². The molecule has 166 valence electrons. The predicted molar refractivity (Wildman–Crippen MR) is 119 cm³/mol. The number of primary amides is 1. The third-order valence-corrected chi connectivity index (χ3v) is 5.94. The van der Waals surface area contributed by atoms with Gasteiger partial charge in [-0.05, 0) is 54.6 Å². The number of aromatic nitrogens is 3. The summed E-state index contributed by atoms with van der Waals surface area (Å²) in [6.45, 7) is 10.7. The van der Waals surface area contributed by atoms with E-state index in [0.717, 1.165) is 43.5 Å². The molecule has 7 heteroatoms. The van der Waals surface area contributed by atoms with Gasteiger partial charge in [0, 0.05) is 6.20 Å². The van der Waals surface area contributed by atoms with Gasteiger partial charge in [0.25, 0.3) is 0 Å². The fourth-order valence-electron chi connectivity index (χ4n) is 3.98. The van der Waals surface area contributed by atoms with E-state index in [1.54, 1.807) is 12.3 Å². The van der Waals surface area contributed by atoms with Crippen LogP contribution >= 0.6 is 0 Å². The molecule has 1 saturated carbocycles. The van der Waals surface area contributed by atoms with Gasteiger partial charge < -0.3 is 15.2 Å². The molecule has 1 fully saturated rings. The first kappa shape index (κ1) is 21.4. The number of hydrogen-bond donors (Lipinski definition) is 1. The van der Waals surface area contributed by atoms with Gasteiger partial charge in [-0.15, -0.1) is 0 Å². The molecule has 2 N–H and O–H groups in total. The number of ether oxygens (including phenoxy) is 2. The predicted octanol–water partition coefficient (Wildman–Crippen LogP) is 5.75. The Kier molecular flexibility index (Phi) is 5.31. The molecule has 2 aliphatic rings. The van der Waals surface area contributed by atoms with Crippen LogP contribution in [0.3, 0.4) is 0 Å². The smallest absolute Gasteiger partial charge is 0.411 e. The van der Waals surface area contributed by atoms with Gasteiger partial charge in [-0.3, -0.25) is 4.68 Å². The third-order valence-electron chi connectivity index (χ3n) is 5.94. The minimum atomic E-state index is -0.896. The van der Waals surface area contributed by atoms with E-state index in [1.165, 1.54) is 5.57 Å². The molecule has 0 aliphatic heterocycles. The van der Waals surface area contributed by atoms with Gasteiger partial charge in [0.1, 0.15) is 11.4 Å². The summed E-state index contributed by atoms with van der Waals surface area (Å²) in [6, 6.07) is 2.25. The maximum atomic E-state index is 11.4. The third kappa shape index (κ3) is 4.75. The molecule has 2 heterocycles. The van der Waals surface area contributed by atoms with Crippen molar-refractivity contribution in [2.45, 2.75) is 78.2 Å². The molecular formula is C24H32N4O3. The molecule has 0 radical (unpaired) electrons. The van der Waals surface area contributed by atoms with Crippen molar-refractivity contribution in [1.29, 1.82) is 0 Å². The van der Waals surface area contributed by atoms with E-state index in [4.69, 9.17) is 20.3 Å². The number of rotatable bonds is 5. The largest absolute Gasteiger partial charge is 0.453 e. The van der Waals surface area contributed by atoms with Crippen LogP contribution in [0.1, 0.15) is 84.0 Å². The van der Waals surface area contributed by atoms with Crippen LogP contribution in [0.4, 0.5) is 4.79 Å². The number of hydrogen-bond acceptors (Lipinski definition) is 5. The summed E-state index contributed by atoms with van der Waals surface area (Å²) in [6.07, 6.45) is 10.4. The highest BCUT2D eigenvalue weighted by Crippen LogP contribution is 2.45. The Labute approximate surface area is 183 Å². The summed E-state index contributed by atoms with van der Waals surface area (Å²) in [5, 5.41) is 4.90. The molecular weight excluding hydrogens is 392 g/mol. The summed E-state index contributed by atoms with van der Waals surface area (Å²) in [5.41, 5.74) is 8.02. The molecule has 4 rings (SSSR count). The van der Waals surface area contributed by atoms with Crippen molar-refractivity contribution in [3.05, 3.63) is 35.8 Å². The first-order chi connectivity index (χ1) is 14.5. The number of nitrogens with zero attached hydrogens (tertiary/aromatic N) is 3. The van der Waals surface area contributed by atoms with Crippen molar-refractivity contribution in [3.8, 4) is 17.4 Å². The van der Waals surface area contributed by atoms with Crippen LogP contribution in [0.2, 0.25) is 0 Å². The van der Waals surface area contributed by atoms with Gasteiger partial charge in [-0.2, -0.15) is 5.10 Å². The Hall–Kier alpha value is -2.83. The molecule has 0 bridgehead atoms. The molecule has 1 amide bonds. The number of carbonyl (C=O) groups excluding carboxylic acids is 1. The Morgan fingerprint density at radius 2 is 2.00 bits per heavy atom. The zero-order valence-electron chi connectivity index (χ0n) is 19.1. The minimum Gasteiger partial charge on any atom is -0.453 e. The lowest BCUT2D eigenvalue weighted by molar-refractivity contribution is 0.207. The average Bonchev–Trinajstić information content (AvgIpc) is 3.42. The average molecular weight is 425 g/mol. The van der Waals surface area contributed by atoms with Gasteiger partial charge in [0.05, 0.1) is 17.8 Å². The van der Waals surface area contributed by atoms with Crippen LogP contribution in [-0.4, -0.2) is 20.9 Å². The van der Waals surface area contributed by atoms with Crippen LogP contribution in [0.5, 0.6) is 17.4 Å². The van der Waals surface area contributed by atoms with Crippen molar-refractivity contribution < 1.29 is 14.3 Å². The van der Waals surface area contributed by atoms with Crippen LogP contribution in [-0.2, 0) is 5.41 Å². The Morgan fingerprint density at radius 1 is 1.26 bits per heavy atom. The number of carbonyl (C=O) groups is 1. The van der Waals surface area contributed by atoms with Gasteiger partial charge >= 0.3 is 6.09 Å². The molecule has 0 saturated heterocycles. The van der Waals surface area contributed by atoms with Crippen LogP contribution in [0.15, 0.2) is 24.5 Å². The lowest BCUT2D eigenvalue weighted by Gasteiger charge is -2.28. The first-order valence-corrected chi connectivity index (χ1v) is 11.0. The summed E-state index contributed by atoms with van der Waals surface area (Å²) in [5.74, 6) is 1.49. The fraction of sp³-hybridized carbons (Fsp3) is 0.542. The van der Waals surface area contributed by atoms with Crippen molar-refractivity contribution in [3.63, 3.8) is 0 Å². The van der Waals surface area contributed by atoms with Gasteiger partial charge in [0.2, 0.25) is 5.88 Å². The summed E-state index contributed by atoms with van der Waals surface area (Å²) in [4.78, 5) is 15.6. The van der Waals surface area contributed by atoms with E-state index >= 15 is 0 Å². The van der Waals surface area contributed by atoms with E-state index in [-0.39, 0.29) is 11.3 Å². The van der Waals surface area contributed by atoms with E-state index in [1.807, 2.05) is 31.6 Å². The maximum Gasteiger partial charge on any atom is 0.411 e. The van der Waals surface area contributed by atoms with Crippen molar-refractivity contribution in [2.24, 2.45) is 11.1 Å². The second-order valence-corrected chi connectivity index (χ2v) is 10.4. The number of pyridine rings is 1. The highest BCUT2D eigenvalue weighted by atomic mass is 16.6. The van der Waals surface area contributed by atoms with Gasteiger partial charge in [-0.1, -0.05) is 40.7 Å². The molecule has 0 spiro atoms. The number of amides is 1. The maximum absolute atomic E-state index is 11.4. The highest BCUT2D eigenvalue weighted by molar-refractivity contribution is 5.70. The number of allylic oxidation sites excluding steroid dienone is 2. The zero-order valence-corrected chi connectivity index (χ0v) is 19.1.